The minimum Gasteiger partial charge on any atom is -0.338 e. The topological polar surface area (TPSA) is 94.3 Å². The van der Waals surface area contributed by atoms with Crippen LogP contribution in [-0.4, -0.2) is 38.5 Å². The molecule has 2 aromatic rings. The third-order valence-corrected chi connectivity index (χ3v) is 4.42. The van der Waals surface area contributed by atoms with Crippen LogP contribution in [-0.2, 0) is 4.79 Å². The second kappa shape index (κ2) is 6.40. The second-order valence-electron chi connectivity index (χ2n) is 6.27. The van der Waals surface area contributed by atoms with Gasteiger partial charge < -0.3 is 9.88 Å². The standard InChI is InChI=1S/C18H19N5O2/c1-4-14(24)22-7-5-12(6-8-22)16-15(11(2)3)18(25)23-17(21-16)13(9-19)10-20-23/h4-5,10-11,21H,1,6-8H2,2-3H3. The molecule has 1 aliphatic rings. The lowest BCUT2D eigenvalue weighted by Gasteiger charge is -2.26. The average Bonchev–Trinajstić information content (AvgIpc) is 3.04. The van der Waals surface area contributed by atoms with Crippen LogP contribution in [0.15, 0.2) is 29.7 Å². The van der Waals surface area contributed by atoms with Crippen LogP contribution in [0.4, 0.5) is 0 Å². The molecule has 128 valence electrons. The summed E-state index contributed by atoms with van der Waals surface area (Å²) in [6.07, 6.45) is 5.26. The molecule has 0 saturated carbocycles. The van der Waals surface area contributed by atoms with E-state index >= 15 is 0 Å². The van der Waals surface area contributed by atoms with Crippen molar-refractivity contribution < 1.29 is 4.79 Å². The Labute approximate surface area is 144 Å². The van der Waals surface area contributed by atoms with Crippen LogP contribution in [0.5, 0.6) is 0 Å². The van der Waals surface area contributed by atoms with E-state index in [4.69, 9.17) is 0 Å². The number of carbonyl (C=O) groups excluding carboxylic acids is 1. The van der Waals surface area contributed by atoms with Crippen molar-refractivity contribution in [1.29, 1.82) is 5.26 Å². The normalized spacial score (nSPS) is 14.5. The van der Waals surface area contributed by atoms with Crippen molar-refractivity contribution in [2.24, 2.45) is 0 Å². The molecule has 0 aliphatic carbocycles. The number of hydrogen-bond donors (Lipinski definition) is 1. The molecule has 0 spiro atoms. The number of aromatic nitrogens is 3. The van der Waals surface area contributed by atoms with Gasteiger partial charge in [-0.25, -0.2) is 0 Å². The van der Waals surface area contributed by atoms with Crippen LogP contribution in [0.1, 0.15) is 43.0 Å². The molecule has 1 N–H and O–H groups in total. The van der Waals surface area contributed by atoms with E-state index in [1.807, 2.05) is 26.0 Å². The molecule has 7 nitrogen and oxygen atoms in total. The number of amides is 1. The van der Waals surface area contributed by atoms with Crippen LogP contribution < -0.4 is 5.56 Å². The van der Waals surface area contributed by atoms with Gasteiger partial charge in [-0.2, -0.15) is 14.9 Å². The fourth-order valence-electron chi connectivity index (χ4n) is 3.13. The Bertz CT molecular complexity index is 987. The molecule has 0 fully saturated rings. The molecule has 25 heavy (non-hydrogen) atoms. The van der Waals surface area contributed by atoms with Crippen LogP contribution >= 0.6 is 0 Å². The predicted octanol–water partition coefficient (Wildman–Crippen LogP) is 1.82. The van der Waals surface area contributed by atoms with Crippen LogP contribution in [0.3, 0.4) is 0 Å². The Morgan fingerprint density at radius 2 is 2.28 bits per heavy atom. The Balaban J connectivity index is 2.15. The molecule has 3 rings (SSSR count). The molecule has 7 heteroatoms. The van der Waals surface area contributed by atoms with Crippen molar-refractivity contribution in [2.75, 3.05) is 13.1 Å². The Hall–Kier alpha value is -3.14. The Kier molecular flexibility index (Phi) is 4.28. The molecule has 0 bridgehead atoms. The summed E-state index contributed by atoms with van der Waals surface area (Å²) >= 11 is 0. The van der Waals surface area contributed by atoms with Crippen molar-refractivity contribution in [3.63, 3.8) is 0 Å². The number of nitriles is 1. The van der Waals surface area contributed by atoms with E-state index in [1.54, 1.807) is 4.90 Å². The molecule has 1 aliphatic heterocycles. The summed E-state index contributed by atoms with van der Waals surface area (Å²) in [7, 11) is 0. The maximum Gasteiger partial charge on any atom is 0.278 e. The number of hydrogen-bond acceptors (Lipinski definition) is 4. The lowest BCUT2D eigenvalue weighted by atomic mass is 9.95. The van der Waals surface area contributed by atoms with E-state index in [-0.39, 0.29) is 17.4 Å². The lowest BCUT2D eigenvalue weighted by molar-refractivity contribution is -0.125. The molecule has 0 atom stereocenters. The zero-order chi connectivity index (χ0) is 18.1. The minimum atomic E-state index is -0.217. The van der Waals surface area contributed by atoms with Crippen molar-refractivity contribution >= 4 is 17.1 Å². The summed E-state index contributed by atoms with van der Waals surface area (Å²) in [6, 6.07) is 2.05. The zero-order valence-electron chi connectivity index (χ0n) is 14.2. The first-order valence-electron chi connectivity index (χ1n) is 8.12. The highest BCUT2D eigenvalue weighted by Crippen LogP contribution is 2.27. The fraction of sp³-hybridized carbons (Fsp3) is 0.333. The molecule has 0 saturated heterocycles. The van der Waals surface area contributed by atoms with Gasteiger partial charge in [-0.1, -0.05) is 26.5 Å². The van der Waals surface area contributed by atoms with Gasteiger partial charge in [0.2, 0.25) is 5.91 Å². The molecule has 2 aromatic heterocycles. The first-order chi connectivity index (χ1) is 12.0. The molecular weight excluding hydrogens is 318 g/mol. The van der Waals surface area contributed by atoms with E-state index in [0.717, 1.165) is 11.3 Å². The maximum atomic E-state index is 12.8. The fourth-order valence-corrected chi connectivity index (χ4v) is 3.13. The summed E-state index contributed by atoms with van der Waals surface area (Å²) in [5.74, 6) is -0.113. The Morgan fingerprint density at radius 3 is 2.84 bits per heavy atom. The molecule has 0 radical (unpaired) electrons. The highest BCUT2D eigenvalue weighted by molar-refractivity contribution is 5.88. The summed E-state index contributed by atoms with van der Waals surface area (Å²) in [5.41, 5.74) is 2.85. The monoisotopic (exact) mass is 337 g/mol. The van der Waals surface area contributed by atoms with E-state index in [2.05, 4.69) is 16.7 Å². The largest absolute Gasteiger partial charge is 0.338 e. The number of rotatable bonds is 3. The zero-order valence-corrected chi connectivity index (χ0v) is 14.2. The molecule has 0 unspecified atom stereocenters. The SMILES string of the molecule is C=CC(=O)N1CC=C(c2[nH]c3c(C#N)cnn3c(=O)c2C(C)C)CC1. The number of carbonyl (C=O) groups is 1. The maximum absolute atomic E-state index is 12.8. The summed E-state index contributed by atoms with van der Waals surface area (Å²) in [5, 5.41) is 13.3. The third kappa shape index (κ3) is 2.76. The van der Waals surface area contributed by atoms with E-state index in [9.17, 15) is 14.9 Å². The number of H-pyrrole nitrogens is 1. The average molecular weight is 337 g/mol. The number of nitrogens with zero attached hydrogens (tertiary/aromatic N) is 4. The summed E-state index contributed by atoms with van der Waals surface area (Å²) in [4.78, 5) is 29.5. The quantitative estimate of drug-likeness (QED) is 0.864. The smallest absolute Gasteiger partial charge is 0.278 e. The van der Waals surface area contributed by atoms with Crippen LogP contribution in [0, 0.1) is 11.3 Å². The number of nitrogens with one attached hydrogen (secondary N) is 1. The highest BCUT2D eigenvalue weighted by Gasteiger charge is 2.23. The molecule has 3 heterocycles. The summed E-state index contributed by atoms with van der Waals surface area (Å²) in [6.45, 7) is 8.44. The first kappa shape index (κ1) is 16.7. The van der Waals surface area contributed by atoms with E-state index < -0.39 is 0 Å². The molecule has 0 aromatic carbocycles. The van der Waals surface area contributed by atoms with Gasteiger partial charge in [0, 0.05) is 18.7 Å². The van der Waals surface area contributed by atoms with Crippen molar-refractivity contribution in [3.8, 4) is 6.07 Å². The van der Waals surface area contributed by atoms with E-state index in [0.29, 0.717) is 36.3 Å². The van der Waals surface area contributed by atoms with Crippen molar-refractivity contribution in [3.05, 3.63) is 52.1 Å². The third-order valence-electron chi connectivity index (χ3n) is 4.42. The second-order valence-corrected chi connectivity index (χ2v) is 6.27. The number of fused-ring (bicyclic) bond motifs is 1. The first-order valence-corrected chi connectivity index (χ1v) is 8.12. The van der Waals surface area contributed by atoms with Gasteiger partial charge in [-0.05, 0) is 24.0 Å². The van der Waals surface area contributed by atoms with Gasteiger partial charge in [-0.3, -0.25) is 9.59 Å². The molecular formula is C18H19N5O2. The predicted molar refractivity (Wildman–Crippen MR) is 94.0 cm³/mol. The van der Waals surface area contributed by atoms with Gasteiger partial charge in [0.1, 0.15) is 11.6 Å². The lowest BCUT2D eigenvalue weighted by Crippen LogP contribution is -2.34. The summed E-state index contributed by atoms with van der Waals surface area (Å²) < 4.78 is 1.24. The van der Waals surface area contributed by atoms with Crippen molar-refractivity contribution in [2.45, 2.75) is 26.2 Å². The van der Waals surface area contributed by atoms with Gasteiger partial charge in [0.25, 0.3) is 5.56 Å². The van der Waals surface area contributed by atoms with Gasteiger partial charge in [0.15, 0.2) is 5.65 Å². The van der Waals surface area contributed by atoms with Gasteiger partial charge in [-0.15, -0.1) is 0 Å². The number of aromatic amines is 1. The van der Waals surface area contributed by atoms with Gasteiger partial charge in [0.05, 0.1) is 11.9 Å². The molecule has 1 amide bonds. The van der Waals surface area contributed by atoms with Gasteiger partial charge >= 0.3 is 0 Å². The highest BCUT2D eigenvalue weighted by atomic mass is 16.2. The van der Waals surface area contributed by atoms with Crippen LogP contribution in [0.25, 0.3) is 11.2 Å². The Morgan fingerprint density at radius 1 is 1.52 bits per heavy atom. The van der Waals surface area contributed by atoms with Crippen LogP contribution in [0.2, 0.25) is 0 Å². The van der Waals surface area contributed by atoms with Crippen molar-refractivity contribution in [1.82, 2.24) is 19.5 Å². The minimum absolute atomic E-state index is 0.00776. The van der Waals surface area contributed by atoms with E-state index in [1.165, 1.54) is 16.8 Å².